The largest absolute Gasteiger partial charge is 0.338 e. The SMILES string of the molecule is O=C(c1cc2c(s1)CCC2)N1CCC[C@H](Cc2ccn[nH]2)C1. The lowest BCUT2D eigenvalue weighted by atomic mass is 9.93. The van der Waals surface area contributed by atoms with E-state index < -0.39 is 0 Å². The molecule has 4 nitrogen and oxygen atoms in total. The van der Waals surface area contributed by atoms with E-state index in [2.05, 4.69) is 21.2 Å². The monoisotopic (exact) mass is 315 g/mol. The molecule has 0 saturated carbocycles. The molecule has 1 amide bonds. The summed E-state index contributed by atoms with van der Waals surface area (Å²) in [5.41, 5.74) is 2.59. The molecule has 0 aromatic carbocycles. The Morgan fingerprint density at radius 1 is 1.41 bits per heavy atom. The number of likely N-dealkylation sites (tertiary alicyclic amines) is 1. The summed E-state index contributed by atoms with van der Waals surface area (Å²) >= 11 is 1.72. The Morgan fingerprint density at radius 3 is 3.18 bits per heavy atom. The molecule has 0 radical (unpaired) electrons. The highest BCUT2D eigenvalue weighted by Gasteiger charge is 2.27. The first-order valence-electron chi connectivity index (χ1n) is 8.19. The molecule has 3 heterocycles. The molecule has 1 N–H and O–H groups in total. The number of nitrogens with one attached hydrogen (secondary N) is 1. The number of aromatic nitrogens is 2. The fourth-order valence-electron chi connectivity index (χ4n) is 3.72. The second kappa shape index (κ2) is 5.88. The smallest absolute Gasteiger partial charge is 0.263 e. The topological polar surface area (TPSA) is 49.0 Å². The summed E-state index contributed by atoms with van der Waals surface area (Å²) in [4.78, 5) is 17.2. The van der Waals surface area contributed by atoms with Crippen LogP contribution in [0.4, 0.5) is 0 Å². The van der Waals surface area contributed by atoms with Crippen LogP contribution in [0.15, 0.2) is 18.3 Å². The Morgan fingerprint density at radius 2 is 2.36 bits per heavy atom. The number of carbonyl (C=O) groups excluding carboxylic acids is 1. The van der Waals surface area contributed by atoms with Gasteiger partial charge in [-0.3, -0.25) is 9.89 Å². The predicted octanol–water partition coefficient (Wildman–Crippen LogP) is 3.05. The molecule has 2 aromatic heterocycles. The number of rotatable bonds is 3. The highest BCUT2D eigenvalue weighted by molar-refractivity contribution is 7.14. The van der Waals surface area contributed by atoms with Crippen LogP contribution in [0.1, 0.15) is 45.1 Å². The van der Waals surface area contributed by atoms with E-state index in [1.807, 2.05) is 6.07 Å². The van der Waals surface area contributed by atoms with Crippen LogP contribution in [0.3, 0.4) is 0 Å². The van der Waals surface area contributed by atoms with Crippen molar-refractivity contribution in [2.45, 2.75) is 38.5 Å². The summed E-state index contributed by atoms with van der Waals surface area (Å²) in [6.07, 6.45) is 8.67. The summed E-state index contributed by atoms with van der Waals surface area (Å²) in [5, 5.41) is 7.05. The van der Waals surface area contributed by atoms with Crippen molar-refractivity contribution in [1.82, 2.24) is 15.1 Å². The summed E-state index contributed by atoms with van der Waals surface area (Å²) < 4.78 is 0. The Hall–Kier alpha value is -1.62. The van der Waals surface area contributed by atoms with Gasteiger partial charge in [0, 0.05) is 29.9 Å². The van der Waals surface area contributed by atoms with Gasteiger partial charge >= 0.3 is 0 Å². The van der Waals surface area contributed by atoms with Gasteiger partial charge in [0.05, 0.1) is 4.88 Å². The molecule has 1 aliphatic carbocycles. The normalized spacial score (nSPS) is 21.1. The van der Waals surface area contributed by atoms with Gasteiger partial charge < -0.3 is 4.90 Å². The first-order chi connectivity index (χ1) is 10.8. The zero-order valence-corrected chi connectivity index (χ0v) is 13.5. The first-order valence-corrected chi connectivity index (χ1v) is 9.00. The van der Waals surface area contributed by atoms with Crippen LogP contribution in [0.25, 0.3) is 0 Å². The van der Waals surface area contributed by atoms with Crippen LogP contribution in [-0.2, 0) is 19.3 Å². The molecular weight excluding hydrogens is 294 g/mol. The van der Waals surface area contributed by atoms with Gasteiger partial charge in [0.15, 0.2) is 0 Å². The Balaban J connectivity index is 1.43. The highest BCUT2D eigenvalue weighted by atomic mass is 32.1. The molecule has 4 rings (SSSR count). The van der Waals surface area contributed by atoms with Gasteiger partial charge in [-0.1, -0.05) is 0 Å². The quantitative estimate of drug-likeness (QED) is 0.946. The molecule has 1 atom stereocenters. The van der Waals surface area contributed by atoms with Crippen LogP contribution in [0.2, 0.25) is 0 Å². The van der Waals surface area contributed by atoms with Crippen molar-refractivity contribution in [3.63, 3.8) is 0 Å². The van der Waals surface area contributed by atoms with Gasteiger partial charge in [0.25, 0.3) is 5.91 Å². The molecule has 2 aliphatic rings. The summed E-state index contributed by atoms with van der Waals surface area (Å²) in [6, 6.07) is 4.18. The summed E-state index contributed by atoms with van der Waals surface area (Å²) in [6.45, 7) is 1.78. The van der Waals surface area contributed by atoms with E-state index in [0.717, 1.165) is 43.6 Å². The summed E-state index contributed by atoms with van der Waals surface area (Å²) in [5.74, 6) is 0.790. The van der Waals surface area contributed by atoms with Crippen molar-refractivity contribution in [1.29, 1.82) is 0 Å². The number of hydrogen-bond donors (Lipinski definition) is 1. The number of amides is 1. The van der Waals surface area contributed by atoms with E-state index in [0.29, 0.717) is 5.92 Å². The number of hydrogen-bond acceptors (Lipinski definition) is 3. The van der Waals surface area contributed by atoms with Crippen molar-refractivity contribution in [2.75, 3.05) is 13.1 Å². The number of H-pyrrole nitrogens is 1. The fraction of sp³-hybridized carbons (Fsp3) is 0.529. The van der Waals surface area contributed by atoms with Gasteiger partial charge in [-0.05, 0) is 62.1 Å². The van der Waals surface area contributed by atoms with Crippen molar-refractivity contribution >= 4 is 17.2 Å². The lowest BCUT2D eigenvalue weighted by Crippen LogP contribution is -2.40. The number of fused-ring (bicyclic) bond motifs is 1. The third-order valence-corrected chi connectivity index (χ3v) is 6.06. The maximum atomic E-state index is 12.8. The van der Waals surface area contributed by atoms with E-state index in [4.69, 9.17) is 0 Å². The van der Waals surface area contributed by atoms with Gasteiger partial charge in [-0.15, -0.1) is 11.3 Å². The van der Waals surface area contributed by atoms with Crippen molar-refractivity contribution < 1.29 is 4.79 Å². The first kappa shape index (κ1) is 14.0. The van der Waals surface area contributed by atoms with Crippen molar-refractivity contribution in [3.8, 4) is 0 Å². The molecule has 1 aliphatic heterocycles. The van der Waals surface area contributed by atoms with Crippen LogP contribution in [-0.4, -0.2) is 34.1 Å². The zero-order valence-electron chi connectivity index (χ0n) is 12.7. The number of aromatic amines is 1. The molecule has 5 heteroatoms. The minimum absolute atomic E-state index is 0.244. The van der Waals surface area contributed by atoms with Crippen LogP contribution in [0, 0.1) is 5.92 Å². The fourth-order valence-corrected chi connectivity index (χ4v) is 4.94. The Labute approximate surface area is 134 Å². The molecule has 0 spiro atoms. The highest BCUT2D eigenvalue weighted by Crippen LogP contribution is 2.32. The average Bonchev–Trinajstić information content (AvgIpc) is 3.23. The molecule has 22 heavy (non-hydrogen) atoms. The zero-order chi connectivity index (χ0) is 14.9. The second-order valence-corrected chi connectivity index (χ2v) is 7.59. The number of nitrogens with zero attached hydrogens (tertiary/aromatic N) is 2. The number of aryl methyl sites for hydroxylation is 2. The molecular formula is C17H21N3OS. The molecule has 1 saturated heterocycles. The van der Waals surface area contributed by atoms with Crippen LogP contribution >= 0.6 is 11.3 Å². The van der Waals surface area contributed by atoms with E-state index in [1.54, 1.807) is 17.5 Å². The number of thiophene rings is 1. The van der Waals surface area contributed by atoms with Crippen molar-refractivity contribution in [3.05, 3.63) is 39.3 Å². The Bertz CT molecular complexity index is 640. The number of piperidine rings is 1. The van der Waals surface area contributed by atoms with Gasteiger partial charge in [0.1, 0.15) is 0 Å². The molecule has 1 fully saturated rings. The van der Waals surface area contributed by atoms with Crippen LogP contribution in [0.5, 0.6) is 0 Å². The molecule has 0 bridgehead atoms. The lowest BCUT2D eigenvalue weighted by Gasteiger charge is -2.32. The Kier molecular flexibility index (Phi) is 3.74. The molecule has 116 valence electrons. The minimum Gasteiger partial charge on any atom is -0.338 e. The maximum Gasteiger partial charge on any atom is 0.263 e. The average molecular weight is 315 g/mol. The van der Waals surface area contributed by atoms with Gasteiger partial charge in [-0.2, -0.15) is 5.10 Å². The molecule has 0 unspecified atom stereocenters. The number of carbonyl (C=O) groups is 1. The molecule has 2 aromatic rings. The second-order valence-electron chi connectivity index (χ2n) is 6.46. The van der Waals surface area contributed by atoms with Crippen molar-refractivity contribution in [2.24, 2.45) is 5.92 Å². The minimum atomic E-state index is 0.244. The van der Waals surface area contributed by atoms with E-state index in [-0.39, 0.29) is 5.91 Å². The third kappa shape index (κ3) is 2.70. The predicted molar refractivity (Wildman–Crippen MR) is 87.3 cm³/mol. The van der Waals surface area contributed by atoms with E-state index in [1.165, 1.54) is 29.0 Å². The van der Waals surface area contributed by atoms with E-state index >= 15 is 0 Å². The van der Waals surface area contributed by atoms with E-state index in [9.17, 15) is 4.79 Å². The van der Waals surface area contributed by atoms with Gasteiger partial charge in [0.2, 0.25) is 0 Å². The lowest BCUT2D eigenvalue weighted by molar-refractivity contribution is 0.0677. The maximum absolute atomic E-state index is 12.8. The summed E-state index contributed by atoms with van der Waals surface area (Å²) in [7, 11) is 0. The third-order valence-electron chi connectivity index (χ3n) is 4.83. The standard InChI is InChI=1S/C17H21N3OS/c21-17(16-10-13-4-1-5-15(13)22-16)20-8-2-3-12(11-20)9-14-6-7-18-19-14/h6-7,10,12H,1-5,8-9,11H2,(H,18,19)/t12-/m1/s1. The van der Waals surface area contributed by atoms with Crippen LogP contribution < -0.4 is 0 Å². The van der Waals surface area contributed by atoms with Gasteiger partial charge in [-0.25, -0.2) is 0 Å².